The van der Waals surface area contributed by atoms with Crippen LogP contribution in [0.2, 0.25) is 0 Å². The van der Waals surface area contributed by atoms with E-state index in [1.807, 2.05) is 0 Å². The Labute approximate surface area is 189 Å². The molecule has 4 aliphatic carbocycles. The molecule has 2 saturated heterocycles. The average Bonchev–Trinajstić information content (AvgIpc) is 3.18. The van der Waals surface area contributed by atoms with Gasteiger partial charge in [-0.2, -0.15) is 0 Å². The van der Waals surface area contributed by atoms with Crippen LogP contribution in [0.25, 0.3) is 0 Å². The fraction of sp³-hybridized carbons (Fsp3) is 1.00. The second-order valence-electron chi connectivity index (χ2n) is 13.3. The SMILES string of the molecule is C[C@H]1CC[C@@]2(OC1)O[C@@H]1C[C@H]3[C@@H]4CC[C@H]5C[C@@H](O)CC[C@]5(C)[C@H]4C[C@@H](N)[C@]3(C)[C@H]1[C@@H]2C. The fourth-order valence-electron chi connectivity index (χ4n) is 10.3. The smallest absolute Gasteiger partial charge is 0.171 e. The van der Waals surface area contributed by atoms with Gasteiger partial charge in [-0.15, -0.1) is 0 Å². The average molecular weight is 432 g/mol. The zero-order chi connectivity index (χ0) is 21.8. The molecule has 176 valence electrons. The summed E-state index contributed by atoms with van der Waals surface area (Å²) in [4.78, 5) is 0. The van der Waals surface area contributed by atoms with E-state index in [1.165, 1.54) is 38.5 Å². The normalized spacial score (nSPS) is 63.3. The highest BCUT2D eigenvalue weighted by Gasteiger charge is 2.71. The molecule has 4 heteroatoms. The molecule has 13 atom stereocenters. The molecule has 6 aliphatic rings. The van der Waals surface area contributed by atoms with Crippen LogP contribution in [0.1, 0.15) is 85.5 Å². The van der Waals surface area contributed by atoms with Crippen LogP contribution in [0.15, 0.2) is 0 Å². The first-order chi connectivity index (χ1) is 14.7. The van der Waals surface area contributed by atoms with Crippen molar-refractivity contribution >= 4 is 0 Å². The molecule has 0 radical (unpaired) electrons. The molecule has 2 heterocycles. The third-order valence-electron chi connectivity index (χ3n) is 12.1. The van der Waals surface area contributed by atoms with Crippen molar-refractivity contribution < 1.29 is 14.6 Å². The third-order valence-corrected chi connectivity index (χ3v) is 12.1. The molecular formula is C27H45NO3. The van der Waals surface area contributed by atoms with Crippen LogP contribution in [0.5, 0.6) is 0 Å². The van der Waals surface area contributed by atoms with E-state index < -0.39 is 0 Å². The molecular weight excluding hydrogens is 386 g/mol. The minimum atomic E-state index is -0.352. The molecule has 0 amide bonds. The Balaban J connectivity index is 1.29. The summed E-state index contributed by atoms with van der Waals surface area (Å²) in [5.41, 5.74) is 7.72. The minimum Gasteiger partial charge on any atom is -0.393 e. The number of hydrogen-bond donors (Lipinski definition) is 2. The number of aliphatic hydroxyl groups excluding tert-OH is 1. The molecule has 4 saturated carbocycles. The maximum atomic E-state index is 10.3. The number of aliphatic hydroxyl groups is 1. The number of hydrogen-bond acceptors (Lipinski definition) is 4. The zero-order valence-electron chi connectivity index (χ0n) is 20.2. The Kier molecular flexibility index (Phi) is 4.78. The van der Waals surface area contributed by atoms with Crippen LogP contribution in [-0.4, -0.2) is 35.8 Å². The molecule has 0 aromatic rings. The largest absolute Gasteiger partial charge is 0.393 e. The van der Waals surface area contributed by atoms with E-state index in [2.05, 4.69) is 27.7 Å². The predicted octanol–water partition coefficient (Wildman–Crippen LogP) is 4.73. The lowest BCUT2D eigenvalue weighted by Gasteiger charge is -2.62. The summed E-state index contributed by atoms with van der Waals surface area (Å²) in [6.45, 7) is 10.6. The summed E-state index contributed by atoms with van der Waals surface area (Å²) in [7, 11) is 0. The van der Waals surface area contributed by atoms with E-state index in [0.717, 1.165) is 37.7 Å². The Hall–Kier alpha value is -0.160. The third kappa shape index (κ3) is 2.74. The first-order valence-electron chi connectivity index (χ1n) is 13.4. The lowest BCUT2D eigenvalue weighted by atomic mass is 9.43. The summed E-state index contributed by atoms with van der Waals surface area (Å²) in [6, 6.07) is 0.250. The van der Waals surface area contributed by atoms with Crippen molar-refractivity contribution in [1.82, 2.24) is 0 Å². The highest BCUT2D eigenvalue weighted by atomic mass is 16.7. The first-order valence-corrected chi connectivity index (χ1v) is 13.4. The van der Waals surface area contributed by atoms with Gasteiger partial charge in [-0.05, 0) is 91.8 Å². The van der Waals surface area contributed by atoms with Gasteiger partial charge < -0.3 is 20.3 Å². The van der Waals surface area contributed by atoms with Gasteiger partial charge in [0.15, 0.2) is 5.79 Å². The number of fused-ring (bicyclic) bond motifs is 7. The molecule has 0 unspecified atom stereocenters. The van der Waals surface area contributed by atoms with Crippen molar-refractivity contribution in [3.8, 4) is 0 Å². The van der Waals surface area contributed by atoms with E-state index >= 15 is 0 Å². The van der Waals surface area contributed by atoms with Crippen molar-refractivity contribution in [1.29, 1.82) is 0 Å². The summed E-state index contributed by atoms with van der Waals surface area (Å²) >= 11 is 0. The van der Waals surface area contributed by atoms with Crippen LogP contribution >= 0.6 is 0 Å². The summed E-state index contributed by atoms with van der Waals surface area (Å²) in [5.74, 6) is 4.13. The van der Waals surface area contributed by atoms with Crippen LogP contribution in [-0.2, 0) is 9.47 Å². The van der Waals surface area contributed by atoms with E-state index in [4.69, 9.17) is 15.2 Å². The zero-order valence-corrected chi connectivity index (χ0v) is 20.2. The van der Waals surface area contributed by atoms with E-state index in [9.17, 15) is 5.11 Å². The maximum absolute atomic E-state index is 10.3. The van der Waals surface area contributed by atoms with E-state index in [0.29, 0.717) is 41.1 Å². The van der Waals surface area contributed by atoms with Gasteiger partial charge in [-0.3, -0.25) is 0 Å². The topological polar surface area (TPSA) is 64.7 Å². The standard InChI is InChI=1S/C27H45NO3/c1-15-7-10-27(30-14-15)16(2)24-22(31-27)12-21-19-6-5-17-11-18(29)8-9-25(17,3)20(19)13-23(28)26(21,24)4/h15-24,29H,5-14,28H2,1-4H3/t15-,16-,17-,18-,19+,20-,21-,22+,23+,24-,25-,26+,27+/m0/s1. The van der Waals surface area contributed by atoms with Gasteiger partial charge in [0.2, 0.25) is 0 Å². The lowest BCUT2D eigenvalue weighted by Crippen LogP contribution is -2.61. The summed E-state index contributed by atoms with van der Waals surface area (Å²) in [6.07, 6.45) is 10.7. The monoisotopic (exact) mass is 431 g/mol. The quantitative estimate of drug-likeness (QED) is 0.582. The second kappa shape index (κ2) is 6.93. The van der Waals surface area contributed by atoms with Crippen LogP contribution in [0.4, 0.5) is 0 Å². The fourth-order valence-corrected chi connectivity index (χ4v) is 10.3. The van der Waals surface area contributed by atoms with Gasteiger partial charge in [0.1, 0.15) is 0 Å². The molecule has 0 aromatic heterocycles. The highest BCUT2D eigenvalue weighted by Crippen LogP contribution is 2.71. The Bertz CT molecular complexity index is 719. The Morgan fingerprint density at radius 1 is 0.935 bits per heavy atom. The molecule has 3 N–H and O–H groups in total. The van der Waals surface area contributed by atoms with Gasteiger partial charge in [0.05, 0.1) is 18.8 Å². The van der Waals surface area contributed by atoms with Gasteiger partial charge in [-0.25, -0.2) is 0 Å². The molecule has 0 bridgehead atoms. The van der Waals surface area contributed by atoms with Crippen molar-refractivity contribution in [3.05, 3.63) is 0 Å². The summed E-state index contributed by atoms with van der Waals surface area (Å²) < 4.78 is 13.4. The molecule has 6 rings (SSSR count). The molecule has 6 fully saturated rings. The van der Waals surface area contributed by atoms with Crippen molar-refractivity contribution in [2.45, 2.75) is 110 Å². The predicted molar refractivity (Wildman–Crippen MR) is 121 cm³/mol. The number of ether oxygens (including phenoxy) is 2. The van der Waals surface area contributed by atoms with Gasteiger partial charge in [0, 0.05) is 24.3 Å². The second-order valence-corrected chi connectivity index (χ2v) is 13.3. The molecule has 4 nitrogen and oxygen atoms in total. The van der Waals surface area contributed by atoms with Crippen molar-refractivity contribution in [3.63, 3.8) is 0 Å². The van der Waals surface area contributed by atoms with E-state index in [1.54, 1.807) is 0 Å². The number of rotatable bonds is 0. The van der Waals surface area contributed by atoms with Crippen molar-refractivity contribution in [2.24, 2.45) is 58.0 Å². The molecule has 1 spiro atoms. The number of nitrogens with two attached hydrogens (primary N) is 1. The Morgan fingerprint density at radius 2 is 1.74 bits per heavy atom. The summed E-state index contributed by atoms with van der Waals surface area (Å²) in [5, 5.41) is 10.3. The van der Waals surface area contributed by atoms with Crippen LogP contribution < -0.4 is 5.73 Å². The minimum absolute atomic E-state index is 0.0772. The molecule has 2 aliphatic heterocycles. The molecule has 0 aromatic carbocycles. The van der Waals surface area contributed by atoms with Crippen LogP contribution in [0.3, 0.4) is 0 Å². The van der Waals surface area contributed by atoms with Crippen molar-refractivity contribution in [2.75, 3.05) is 6.61 Å². The van der Waals surface area contributed by atoms with Gasteiger partial charge in [0.25, 0.3) is 0 Å². The van der Waals surface area contributed by atoms with Crippen LogP contribution in [0, 0.1) is 52.3 Å². The molecule has 31 heavy (non-hydrogen) atoms. The van der Waals surface area contributed by atoms with Gasteiger partial charge in [-0.1, -0.05) is 27.7 Å². The first kappa shape index (κ1) is 21.4. The van der Waals surface area contributed by atoms with Gasteiger partial charge >= 0.3 is 0 Å². The maximum Gasteiger partial charge on any atom is 0.171 e. The lowest BCUT2D eigenvalue weighted by molar-refractivity contribution is -0.273. The Morgan fingerprint density at radius 3 is 2.48 bits per heavy atom. The highest BCUT2D eigenvalue weighted by molar-refractivity contribution is 5.18. The van der Waals surface area contributed by atoms with E-state index in [-0.39, 0.29) is 23.3 Å².